The molecule has 1 aromatic rings. The van der Waals surface area contributed by atoms with Gasteiger partial charge in [0.25, 0.3) is 5.91 Å². The highest BCUT2D eigenvalue weighted by molar-refractivity contribution is 6.62. The molecule has 22 heavy (non-hydrogen) atoms. The highest BCUT2D eigenvalue weighted by atomic mass is 16.5. The second-order valence-corrected chi connectivity index (χ2v) is 4.98. The topological polar surface area (TPSA) is 108 Å². The van der Waals surface area contributed by atoms with Gasteiger partial charge in [-0.1, -0.05) is 0 Å². The smallest absolute Gasteiger partial charge is 0.484 e. The Morgan fingerprint density at radius 2 is 2.18 bits per heavy atom. The Kier molecular flexibility index (Phi) is 5.05. The molecule has 0 aromatic heterocycles. The predicted molar refractivity (Wildman–Crippen MR) is 78.6 cm³/mol. The standard InChI is InChI=1S/C14H18BNO6/c1-3-20-13(18)6-11-14-8(2)4-9(21-7-12(16)17)5-10(14)15(19)22-11/h4-5,11,19H,3,6-7H2,1-2H3,(H2,16,17). The van der Waals surface area contributed by atoms with Crippen LogP contribution in [0.5, 0.6) is 5.75 Å². The first-order valence-electron chi connectivity index (χ1n) is 6.97. The van der Waals surface area contributed by atoms with E-state index in [2.05, 4.69) is 0 Å². The highest BCUT2D eigenvalue weighted by Gasteiger charge is 2.38. The van der Waals surface area contributed by atoms with E-state index in [-0.39, 0.29) is 19.0 Å². The number of rotatable bonds is 6. The van der Waals surface area contributed by atoms with Crippen molar-refractivity contribution < 1.29 is 28.7 Å². The SMILES string of the molecule is CCOC(=O)CC1OB(O)c2cc(OCC(N)=O)cc(C)c21. The van der Waals surface area contributed by atoms with Crippen molar-refractivity contribution in [1.82, 2.24) is 0 Å². The average Bonchev–Trinajstić information content (AvgIpc) is 2.73. The summed E-state index contributed by atoms with van der Waals surface area (Å²) in [7, 11) is -1.15. The molecule has 0 fully saturated rings. The third-order valence-corrected chi connectivity index (χ3v) is 3.31. The number of carbonyl (C=O) groups excluding carboxylic acids is 2. The van der Waals surface area contributed by atoms with Crippen LogP contribution >= 0.6 is 0 Å². The number of ether oxygens (including phenoxy) is 2. The van der Waals surface area contributed by atoms with Gasteiger partial charge in [-0.3, -0.25) is 9.59 Å². The maximum Gasteiger partial charge on any atom is 0.492 e. The Morgan fingerprint density at radius 3 is 2.82 bits per heavy atom. The van der Waals surface area contributed by atoms with Gasteiger partial charge in [0.2, 0.25) is 0 Å². The molecule has 0 aliphatic carbocycles. The molecule has 1 atom stereocenters. The number of aryl methyl sites for hydroxylation is 1. The van der Waals surface area contributed by atoms with E-state index in [0.29, 0.717) is 17.8 Å². The first-order valence-corrected chi connectivity index (χ1v) is 6.97. The van der Waals surface area contributed by atoms with Gasteiger partial charge in [0, 0.05) is 0 Å². The Hall–Kier alpha value is -2.06. The van der Waals surface area contributed by atoms with Crippen molar-refractivity contribution in [3.05, 3.63) is 23.3 Å². The third kappa shape index (κ3) is 3.58. The summed E-state index contributed by atoms with van der Waals surface area (Å²) in [5, 5.41) is 10.00. The van der Waals surface area contributed by atoms with Gasteiger partial charge in [-0.25, -0.2) is 0 Å². The molecular formula is C14H18BNO6. The van der Waals surface area contributed by atoms with Crippen molar-refractivity contribution in [2.45, 2.75) is 26.4 Å². The van der Waals surface area contributed by atoms with Crippen molar-refractivity contribution in [2.24, 2.45) is 5.73 Å². The van der Waals surface area contributed by atoms with E-state index in [1.165, 1.54) is 0 Å². The predicted octanol–water partition coefficient (Wildman–Crippen LogP) is -0.429. The summed E-state index contributed by atoms with van der Waals surface area (Å²) >= 11 is 0. The van der Waals surface area contributed by atoms with E-state index in [9.17, 15) is 14.6 Å². The zero-order valence-corrected chi connectivity index (χ0v) is 12.5. The molecule has 0 spiro atoms. The summed E-state index contributed by atoms with van der Waals surface area (Å²) < 4.78 is 15.6. The first-order chi connectivity index (χ1) is 10.4. The minimum atomic E-state index is -1.15. The number of fused-ring (bicyclic) bond motifs is 1. The molecule has 1 aliphatic heterocycles. The van der Waals surface area contributed by atoms with Crippen LogP contribution in [0.15, 0.2) is 12.1 Å². The monoisotopic (exact) mass is 307 g/mol. The maximum absolute atomic E-state index is 11.6. The lowest BCUT2D eigenvalue weighted by Crippen LogP contribution is -2.29. The molecule has 1 aromatic carbocycles. The molecule has 2 rings (SSSR count). The van der Waals surface area contributed by atoms with Crippen molar-refractivity contribution >= 4 is 24.5 Å². The minimum absolute atomic E-state index is 0.0280. The Morgan fingerprint density at radius 1 is 1.45 bits per heavy atom. The lowest BCUT2D eigenvalue weighted by atomic mass is 9.77. The fourth-order valence-electron chi connectivity index (χ4n) is 2.49. The number of nitrogens with two attached hydrogens (primary N) is 1. The summed E-state index contributed by atoms with van der Waals surface area (Å²) in [5.74, 6) is -0.564. The average molecular weight is 307 g/mol. The summed E-state index contributed by atoms with van der Waals surface area (Å²) in [6.07, 6.45) is -0.533. The quantitative estimate of drug-likeness (QED) is 0.545. The normalized spacial score (nSPS) is 16.3. The molecule has 3 N–H and O–H groups in total. The van der Waals surface area contributed by atoms with Gasteiger partial charge in [-0.2, -0.15) is 0 Å². The van der Waals surface area contributed by atoms with Crippen LogP contribution in [-0.4, -0.2) is 37.2 Å². The lowest BCUT2D eigenvalue weighted by Gasteiger charge is -2.14. The zero-order valence-electron chi connectivity index (χ0n) is 12.5. The van der Waals surface area contributed by atoms with Crippen LogP contribution < -0.4 is 15.9 Å². The molecule has 1 aliphatic rings. The summed E-state index contributed by atoms with van der Waals surface area (Å²) in [4.78, 5) is 22.4. The van der Waals surface area contributed by atoms with Gasteiger partial charge in [-0.05, 0) is 42.6 Å². The van der Waals surface area contributed by atoms with E-state index < -0.39 is 19.1 Å². The fourth-order valence-corrected chi connectivity index (χ4v) is 2.49. The highest BCUT2D eigenvalue weighted by Crippen LogP contribution is 2.32. The van der Waals surface area contributed by atoms with Crippen molar-refractivity contribution in [2.75, 3.05) is 13.2 Å². The number of carbonyl (C=O) groups is 2. The molecule has 0 radical (unpaired) electrons. The van der Waals surface area contributed by atoms with Gasteiger partial charge in [-0.15, -0.1) is 0 Å². The summed E-state index contributed by atoms with van der Waals surface area (Å²) in [6.45, 7) is 3.58. The number of hydrogen-bond acceptors (Lipinski definition) is 6. The van der Waals surface area contributed by atoms with E-state index in [1.54, 1.807) is 19.1 Å². The lowest BCUT2D eigenvalue weighted by molar-refractivity contribution is -0.145. The van der Waals surface area contributed by atoms with E-state index >= 15 is 0 Å². The van der Waals surface area contributed by atoms with Gasteiger partial charge in [0.05, 0.1) is 19.1 Å². The van der Waals surface area contributed by atoms with E-state index in [0.717, 1.165) is 11.1 Å². The Balaban J connectivity index is 2.22. The molecule has 1 amide bonds. The summed E-state index contributed by atoms with van der Waals surface area (Å²) in [6, 6.07) is 3.29. The molecular weight excluding hydrogens is 289 g/mol. The van der Waals surface area contributed by atoms with Crippen molar-refractivity contribution in [3.8, 4) is 5.75 Å². The maximum atomic E-state index is 11.6. The number of benzene rings is 1. The second-order valence-electron chi connectivity index (χ2n) is 4.98. The second kappa shape index (κ2) is 6.80. The van der Waals surface area contributed by atoms with Crippen LogP contribution in [0.3, 0.4) is 0 Å². The van der Waals surface area contributed by atoms with Crippen LogP contribution in [0.1, 0.15) is 30.6 Å². The van der Waals surface area contributed by atoms with Crippen molar-refractivity contribution in [1.29, 1.82) is 0 Å². The van der Waals surface area contributed by atoms with Crippen LogP contribution in [0, 0.1) is 6.92 Å². The van der Waals surface area contributed by atoms with Crippen LogP contribution in [0.2, 0.25) is 0 Å². The van der Waals surface area contributed by atoms with Gasteiger partial charge in [0.15, 0.2) is 6.61 Å². The van der Waals surface area contributed by atoms with E-state index in [4.69, 9.17) is 19.9 Å². The first kappa shape index (κ1) is 16.3. The number of hydrogen-bond donors (Lipinski definition) is 2. The molecule has 1 heterocycles. The van der Waals surface area contributed by atoms with Crippen LogP contribution in [0.25, 0.3) is 0 Å². The Bertz CT molecular complexity index is 591. The zero-order chi connectivity index (χ0) is 16.3. The summed E-state index contributed by atoms with van der Waals surface area (Å²) in [5.41, 5.74) is 7.09. The third-order valence-electron chi connectivity index (χ3n) is 3.31. The molecule has 8 heteroatoms. The van der Waals surface area contributed by atoms with E-state index in [1.807, 2.05) is 6.92 Å². The molecule has 0 bridgehead atoms. The van der Waals surface area contributed by atoms with Gasteiger partial charge >= 0.3 is 13.1 Å². The van der Waals surface area contributed by atoms with Crippen LogP contribution in [0.4, 0.5) is 0 Å². The largest absolute Gasteiger partial charge is 0.492 e. The molecule has 118 valence electrons. The van der Waals surface area contributed by atoms with Crippen molar-refractivity contribution in [3.63, 3.8) is 0 Å². The molecule has 1 unspecified atom stereocenters. The molecule has 0 saturated heterocycles. The Labute approximate surface area is 128 Å². The van der Waals surface area contributed by atoms with Crippen LogP contribution in [-0.2, 0) is 19.0 Å². The van der Waals surface area contributed by atoms with Gasteiger partial charge in [0.1, 0.15) is 5.75 Å². The fraction of sp³-hybridized carbons (Fsp3) is 0.429. The minimum Gasteiger partial charge on any atom is -0.484 e. The molecule has 0 saturated carbocycles. The number of amides is 1. The molecule has 7 nitrogen and oxygen atoms in total. The number of primary amides is 1. The van der Waals surface area contributed by atoms with Gasteiger partial charge < -0.3 is 24.9 Å². The number of esters is 1.